The van der Waals surface area contributed by atoms with Gasteiger partial charge in [-0.3, -0.25) is 10.4 Å². The maximum absolute atomic E-state index is 8.45. The third-order valence-electron chi connectivity index (χ3n) is 3.07. The molecule has 0 saturated carbocycles. The molecule has 0 bridgehead atoms. The Balaban J connectivity index is 2.51. The molecule has 20 heavy (non-hydrogen) atoms. The smallest absolute Gasteiger partial charge is 0.0711 e. The number of pyridine rings is 1. The lowest BCUT2D eigenvalue weighted by Crippen LogP contribution is -2.10. The zero-order valence-electron chi connectivity index (χ0n) is 11.4. The molecule has 1 heterocycles. The fourth-order valence-corrected chi connectivity index (χ4v) is 2.20. The zero-order valence-corrected chi connectivity index (χ0v) is 12.2. The van der Waals surface area contributed by atoms with Crippen LogP contribution in [0.1, 0.15) is 23.6 Å². The van der Waals surface area contributed by atoms with E-state index < -0.39 is 0 Å². The molecule has 0 aliphatic heterocycles. The number of hydrogen-bond donors (Lipinski definition) is 2. The monoisotopic (exact) mass is 285 g/mol. The van der Waals surface area contributed by atoms with Gasteiger partial charge in [-0.15, -0.1) is 0 Å². The van der Waals surface area contributed by atoms with Crippen LogP contribution in [0.4, 0.5) is 0 Å². The van der Waals surface area contributed by atoms with Crippen LogP contribution < -0.4 is 5.73 Å². The summed E-state index contributed by atoms with van der Waals surface area (Å²) >= 11 is 5.91. The van der Waals surface area contributed by atoms with E-state index in [1.165, 1.54) is 0 Å². The van der Waals surface area contributed by atoms with Crippen LogP contribution in [-0.2, 0) is 0 Å². The second-order valence-electron chi connectivity index (χ2n) is 4.63. The lowest BCUT2D eigenvalue weighted by atomic mass is 9.93. The van der Waals surface area contributed by atoms with E-state index in [1.54, 1.807) is 31.5 Å². The van der Waals surface area contributed by atoms with Gasteiger partial charge in [-0.2, -0.15) is 0 Å². The molecule has 4 heteroatoms. The fraction of sp³-hybridized carbons (Fsp3) is 0.125. The number of nitrogens with one attached hydrogen (secondary N) is 1. The van der Waals surface area contributed by atoms with Crippen LogP contribution in [0.3, 0.4) is 0 Å². The van der Waals surface area contributed by atoms with E-state index in [1.807, 2.05) is 25.1 Å². The molecule has 2 rings (SSSR count). The van der Waals surface area contributed by atoms with E-state index in [2.05, 4.69) is 4.98 Å². The summed E-state index contributed by atoms with van der Waals surface area (Å²) in [5, 5.41) is 9.11. The number of benzene rings is 1. The summed E-state index contributed by atoms with van der Waals surface area (Å²) in [7, 11) is 0. The average Bonchev–Trinajstić information content (AvgIpc) is 2.41. The van der Waals surface area contributed by atoms with Crippen LogP contribution >= 0.6 is 11.6 Å². The van der Waals surface area contributed by atoms with Crippen molar-refractivity contribution in [3.05, 3.63) is 70.1 Å². The van der Waals surface area contributed by atoms with Crippen molar-refractivity contribution in [3.8, 4) is 0 Å². The van der Waals surface area contributed by atoms with Gasteiger partial charge in [0.05, 0.1) is 5.71 Å². The van der Waals surface area contributed by atoms with Gasteiger partial charge in [0.1, 0.15) is 0 Å². The molecule has 1 aromatic heterocycles. The van der Waals surface area contributed by atoms with Crippen molar-refractivity contribution < 1.29 is 0 Å². The van der Waals surface area contributed by atoms with Crippen molar-refractivity contribution in [3.63, 3.8) is 0 Å². The Hall–Kier alpha value is -2.13. The first kappa shape index (κ1) is 14.3. The Labute approximate surface area is 123 Å². The Morgan fingerprint density at radius 3 is 2.40 bits per heavy atom. The van der Waals surface area contributed by atoms with E-state index in [4.69, 9.17) is 22.7 Å². The highest BCUT2D eigenvalue weighted by atomic mass is 35.5. The molecule has 1 aromatic carbocycles. The number of hydrogen-bond acceptors (Lipinski definition) is 3. The third-order valence-corrected chi connectivity index (χ3v) is 3.32. The summed E-state index contributed by atoms with van der Waals surface area (Å²) < 4.78 is 0. The summed E-state index contributed by atoms with van der Waals surface area (Å²) in [6.45, 7) is 3.73. The standard InChI is InChI=1S/C16H16ClN3/c1-10-9-20-8-7-14(10)16(19)15(11(2)18)12-3-5-13(17)6-4-12/h3-9,19H,18H2,1-2H3/b15-11-,19-16?. The van der Waals surface area contributed by atoms with Crippen molar-refractivity contribution in [2.45, 2.75) is 13.8 Å². The van der Waals surface area contributed by atoms with Gasteiger partial charge in [0, 0.05) is 34.2 Å². The molecule has 3 nitrogen and oxygen atoms in total. The van der Waals surface area contributed by atoms with Crippen LogP contribution in [-0.4, -0.2) is 10.7 Å². The first-order valence-corrected chi connectivity index (χ1v) is 6.60. The zero-order chi connectivity index (χ0) is 14.7. The highest BCUT2D eigenvalue weighted by Gasteiger charge is 2.14. The minimum Gasteiger partial charge on any atom is -0.402 e. The second-order valence-corrected chi connectivity index (χ2v) is 5.07. The van der Waals surface area contributed by atoms with E-state index in [0.717, 1.165) is 22.3 Å². The molecular formula is C16H16ClN3. The van der Waals surface area contributed by atoms with Gasteiger partial charge >= 0.3 is 0 Å². The molecule has 0 fully saturated rings. The van der Waals surface area contributed by atoms with Crippen molar-refractivity contribution in [2.24, 2.45) is 5.73 Å². The number of nitrogens with zero attached hydrogens (tertiary/aromatic N) is 1. The number of rotatable bonds is 3. The molecular weight excluding hydrogens is 270 g/mol. The van der Waals surface area contributed by atoms with Crippen molar-refractivity contribution in [1.29, 1.82) is 5.41 Å². The quantitative estimate of drug-likeness (QED) is 0.843. The first-order chi connectivity index (χ1) is 9.50. The molecule has 0 aliphatic rings. The van der Waals surface area contributed by atoms with E-state index in [-0.39, 0.29) is 0 Å². The summed E-state index contributed by atoms with van der Waals surface area (Å²) in [4.78, 5) is 4.05. The first-order valence-electron chi connectivity index (χ1n) is 6.23. The van der Waals surface area contributed by atoms with E-state index >= 15 is 0 Å². The van der Waals surface area contributed by atoms with Crippen LogP contribution in [0.5, 0.6) is 0 Å². The molecule has 0 aliphatic carbocycles. The number of aryl methyl sites for hydroxylation is 1. The van der Waals surface area contributed by atoms with Crippen molar-refractivity contribution in [1.82, 2.24) is 4.98 Å². The van der Waals surface area contributed by atoms with Crippen molar-refractivity contribution >= 4 is 22.9 Å². The van der Waals surface area contributed by atoms with Gasteiger partial charge in [-0.05, 0) is 43.2 Å². The van der Waals surface area contributed by atoms with Gasteiger partial charge in [-0.25, -0.2) is 0 Å². The molecule has 0 atom stereocenters. The summed E-state index contributed by atoms with van der Waals surface area (Å²) in [5.74, 6) is 0. The molecule has 102 valence electrons. The summed E-state index contributed by atoms with van der Waals surface area (Å²) in [5.41, 5.74) is 10.4. The van der Waals surface area contributed by atoms with Crippen LogP contribution in [0.2, 0.25) is 5.02 Å². The van der Waals surface area contributed by atoms with Gasteiger partial charge in [0.25, 0.3) is 0 Å². The normalized spacial score (nSPS) is 11.9. The Kier molecular flexibility index (Phi) is 4.20. The van der Waals surface area contributed by atoms with E-state index in [9.17, 15) is 0 Å². The maximum atomic E-state index is 8.45. The molecule has 0 amide bonds. The average molecular weight is 286 g/mol. The largest absolute Gasteiger partial charge is 0.402 e. The van der Waals surface area contributed by atoms with Crippen LogP contribution in [0.25, 0.3) is 5.57 Å². The van der Waals surface area contributed by atoms with Gasteiger partial charge in [0.15, 0.2) is 0 Å². The van der Waals surface area contributed by atoms with Crippen LogP contribution in [0, 0.1) is 12.3 Å². The molecule has 0 unspecified atom stereocenters. The number of halogens is 1. The highest BCUT2D eigenvalue weighted by molar-refractivity contribution is 6.32. The SMILES string of the molecule is C/C(N)=C(/C(=N)c1ccncc1C)c1ccc(Cl)cc1. The van der Waals surface area contributed by atoms with Crippen LogP contribution in [0.15, 0.2) is 48.4 Å². The molecule has 0 radical (unpaired) electrons. The number of allylic oxidation sites excluding steroid dienone is 2. The lowest BCUT2D eigenvalue weighted by Gasteiger charge is -2.13. The summed E-state index contributed by atoms with van der Waals surface area (Å²) in [6, 6.07) is 9.17. The highest BCUT2D eigenvalue weighted by Crippen LogP contribution is 2.24. The minimum atomic E-state index is 0.396. The van der Waals surface area contributed by atoms with E-state index in [0.29, 0.717) is 16.4 Å². The number of nitrogens with two attached hydrogens (primary N) is 1. The van der Waals surface area contributed by atoms with Gasteiger partial charge < -0.3 is 5.73 Å². The molecule has 2 aromatic rings. The molecule has 0 spiro atoms. The summed E-state index contributed by atoms with van der Waals surface area (Å²) in [6.07, 6.45) is 3.43. The Morgan fingerprint density at radius 1 is 1.20 bits per heavy atom. The molecule has 0 saturated heterocycles. The maximum Gasteiger partial charge on any atom is 0.0711 e. The van der Waals surface area contributed by atoms with Gasteiger partial charge in [0.2, 0.25) is 0 Å². The minimum absolute atomic E-state index is 0.396. The third kappa shape index (κ3) is 2.89. The Morgan fingerprint density at radius 2 is 1.85 bits per heavy atom. The molecule has 3 N–H and O–H groups in total. The van der Waals surface area contributed by atoms with Crippen molar-refractivity contribution in [2.75, 3.05) is 0 Å². The second kappa shape index (κ2) is 5.88. The lowest BCUT2D eigenvalue weighted by molar-refractivity contribution is 1.25. The predicted octanol–water partition coefficient (Wildman–Crippen LogP) is 3.80. The predicted molar refractivity (Wildman–Crippen MR) is 84.0 cm³/mol. The topological polar surface area (TPSA) is 62.8 Å². The fourth-order valence-electron chi connectivity index (χ4n) is 2.07. The number of aromatic nitrogens is 1. The Bertz CT molecular complexity index is 668. The van der Waals surface area contributed by atoms with Gasteiger partial charge in [-0.1, -0.05) is 23.7 Å².